The Kier molecular flexibility index (Phi) is 4.00. The van der Waals surface area contributed by atoms with Gasteiger partial charge >= 0.3 is 0 Å². The first-order chi connectivity index (χ1) is 12.1. The van der Waals surface area contributed by atoms with Gasteiger partial charge in [0, 0.05) is 28.2 Å². The molecule has 25 heavy (non-hydrogen) atoms. The molecule has 0 unspecified atom stereocenters. The molecule has 0 fully saturated rings. The number of hydrogen-bond acceptors (Lipinski definition) is 5. The van der Waals surface area contributed by atoms with Crippen molar-refractivity contribution in [2.45, 2.75) is 13.3 Å². The smallest absolute Gasteiger partial charge is 0.162 e. The second kappa shape index (κ2) is 6.19. The Bertz CT molecular complexity index is 975. The predicted octanol–water partition coefficient (Wildman–Crippen LogP) is 4.41. The third-order valence-corrected chi connectivity index (χ3v) is 5.56. The van der Waals surface area contributed by atoms with E-state index in [9.17, 15) is 0 Å². The van der Waals surface area contributed by atoms with E-state index in [1.165, 1.54) is 16.8 Å². The van der Waals surface area contributed by atoms with Crippen LogP contribution < -0.4 is 14.4 Å². The molecular weight excluding hydrogens is 382 g/mol. The Morgan fingerprint density at radius 2 is 1.84 bits per heavy atom. The fourth-order valence-electron chi connectivity index (χ4n) is 3.45. The van der Waals surface area contributed by atoms with E-state index in [-0.39, 0.29) is 0 Å². The lowest BCUT2D eigenvalue weighted by Crippen LogP contribution is -2.16. The van der Waals surface area contributed by atoms with Crippen molar-refractivity contribution in [3.8, 4) is 11.5 Å². The van der Waals surface area contributed by atoms with Gasteiger partial charge in [-0.3, -0.25) is 0 Å². The van der Waals surface area contributed by atoms with Crippen LogP contribution in [0.3, 0.4) is 0 Å². The highest BCUT2D eigenvalue weighted by Crippen LogP contribution is 2.42. The molecule has 1 aliphatic heterocycles. The van der Waals surface area contributed by atoms with E-state index in [0.717, 1.165) is 34.2 Å². The molecule has 0 amide bonds. The van der Waals surface area contributed by atoms with Gasteiger partial charge in [0.05, 0.1) is 19.7 Å². The monoisotopic (exact) mass is 399 g/mol. The number of ether oxygens (including phenoxy) is 2. The maximum atomic E-state index is 5.47. The SMILES string of the molecule is COc1cc2ncnc(N3CCc4ccc(Br)c(C)c43)c2cc1OC. The van der Waals surface area contributed by atoms with Crippen molar-refractivity contribution < 1.29 is 9.47 Å². The van der Waals surface area contributed by atoms with Crippen LogP contribution in [-0.2, 0) is 6.42 Å². The van der Waals surface area contributed by atoms with E-state index in [2.05, 4.69) is 49.9 Å². The van der Waals surface area contributed by atoms with Gasteiger partial charge in [-0.15, -0.1) is 0 Å². The fourth-order valence-corrected chi connectivity index (χ4v) is 3.77. The van der Waals surface area contributed by atoms with Gasteiger partial charge in [-0.25, -0.2) is 9.97 Å². The van der Waals surface area contributed by atoms with Gasteiger partial charge in [0.25, 0.3) is 0 Å². The maximum Gasteiger partial charge on any atom is 0.162 e. The number of nitrogens with zero attached hydrogens (tertiary/aromatic N) is 3. The highest BCUT2D eigenvalue weighted by atomic mass is 79.9. The van der Waals surface area contributed by atoms with Crippen molar-refractivity contribution in [1.29, 1.82) is 0 Å². The van der Waals surface area contributed by atoms with Crippen molar-refractivity contribution in [1.82, 2.24) is 9.97 Å². The molecule has 1 aliphatic rings. The van der Waals surface area contributed by atoms with E-state index in [1.807, 2.05) is 12.1 Å². The van der Waals surface area contributed by atoms with Gasteiger partial charge in [-0.1, -0.05) is 22.0 Å². The number of rotatable bonds is 3. The van der Waals surface area contributed by atoms with Crippen molar-refractivity contribution in [2.24, 2.45) is 0 Å². The molecule has 0 N–H and O–H groups in total. The number of aromatic nitrogens is 2. The summed E-state index contributed by atoms with van der Waals surface area (Å²) in [6, 6.07) is 8.14. The highest BCUT2D eigenvalue weighted by Gasteiger charge is 2.26. The molecule has 0 radical (unpaired) electrons. The summed E-state index contributed by atoms with van der Waals surface area (Å²) < 4.78 is 12.0. The van der Waals surface area contributed by atoms with Gasteiger partial charge in [-0.05, 0) is 36.6 Å². The average Bonchev–Trinajstić information content (AvgIpc) is 3.07. The minimum absolute atomic E-state index is 0.667. The molecular formula is C19H18BrN3O2. The average molecular weight is 400 g/mol. The predicted molar refractivity (Wildman–Crippen MR) is 102 cm³/mol. The summed E-state index contributed by atoms with van der Waals surface area (Å²) in [4.78, 5) is 11.3. The molecule has 5 nitrogen and oxygen atoms in total. The van der Waals surface area contributed by atoms with Crippen LogP contribution in [0.4, 0.5) is 11.5 Å². The Balaban J connectivity index is 1.94. The number of methoxy groups -OCH3 is 2. The zero-order chi connectivity index (χ0) is 17.6. The van der Waals surface area contributed by atoms with Crippen LogP contribution in [0.1, 0.15) is 11.1 Å². The zero-order valence-electron chi connectivity index (χ0n) is 14.3. The van der Waals surface area contributed by atoms with E-state index in [0.29, 0.717) is 11.5 Å². The van der Waals surface area contributed by atoms with Crippen LogP contribution in [0.2, 0.25) is 0 Å². The topological polar surface area (TPSA) is 47.5 Å². The van der Waals surface area contributed by atoms with Crippen LogP contribution in [0.25, 0.3) is 10.9 Å². The van der Waals surface area contributed by atoms with Crippen LogP contribution >= 0.6 is 15.9 Å². The second-order valence-corrected chi connectivity index (χ2v) is 6.86. The van der Waals surface area contributed by atoms with Crippen LogP contribution in [0.15, 0.2) is 35.1 Å². The molecule has 6 heteroatoms. The summed E-state index contributed by atoms with van der Waals surface area (Å²) in [5, 5.41) is 0.951. The molecule has 1 aromatic heterocycles. The van der Waals surface area contributed by atoms with Crippen LogP contribution in [0, 0.1) is 6.92 Å². The Hall–Kier alpha value is -2.34. The molecule has 0 saturated heterocycles. The summed E-state index contributed by atoms with van der Waals surface area (Å²) >= 11 is 3.64. The third kappa shape index (κ3) is 2.52. The first-order valence-corrected chi connectivity index (χ1v) is 8.85. The molecule has 2 aromatic carbocycles. The Morgan fingerprint density at radius 3 is 2.60 bits per heavy atom. The fraction of sp³-hybridized carbons (Fsp3) is 0.263. The van der Waals surface area contributed by atoms with Crippen molar-refractivity contribution in [2.75, 3.05) is 25.7 Å². The Labute approximate surface area is 154 Å². The first kappa shape index (κ1) is 16.1. The van der Waals surface area contributed by atoms with Crippen molar-refractivity contribution in [3.63, 3.8) is 0 Å². The van der Waals surface area contributed by atoms with E-state index in [1.54, 1.807) is 20.5 Å². The molecule has 0 saturated carbocycles. The highest BCUT2D eigenvalue weighted by molar-refractivity contribution is 9.10. The largest absolute Gasteiger partial charge is 0.493 e. The molecule has 2 heterocycles. The van der Waals surface area contributed by atoms with Gasteiger partial charge < -0.3 is 14.4 Å². The molecule has 0 atom stereocenters. The second-order valence-electron chi connectivity index (χ2n) is 6.00. The van der Waals surface area contributed by atoms with Crippen molar-refractivity contribution >= 4 is 38.3 Å². The number of fused-ring (bicyclic) bond motifs is 2. The summed E-state index contributed by atoms with van der Waals surface area (Å²) in [6.45, 7) is 3.03. The van der Waals surface area contributed by atoms with Gasteiger partial charge in [0.2, 0.25) is 0 Å². The zero-order valence-corrected chi connectivity index (χ0v) is 15.9. The number of benzene rings is 2. The summed E-state index contributed by atoms with van der Waals surface area (Å²) in [5.41, 5.74) is 4.63. The van der Waals surface area contributed by atoms with Gasteiger partial charge in [0.1, 0.15) is 12.1 Å². The summed E-state index contributed by atoms with van der Waals surface area (Å²) in [7, 11) is 3.27. The first-order valence-electron chi connectivity index (χ1n) is 8.06. The molecule has 4 rings (SSSR count). The Morgan fingerprint density at radius 1 is 1.08 bits per heavy atom. The van der Waals surface area contributed by atoms with Crippen LogP contribution in [-0.4, -0.2) is 30.7 Å². The summed E-state index contributed by atoms with van der Waals surface area (Å²) in [5.74, 6) is 2.24. The molecule has 0 bridgehead atoms. The standard InChI is InChI=1S/C19H18BrN3O2/c1-11-14(20)5-4-12-6-7-23(18(11)12)19-13-8-16(24-2)17(25-3)9-15(13)21-10-22-19/h4-5,8-10H,6-7H2,1-3H3. The number of halogens is 1. The van der Waals surface area contributed by atoms with Crippen LogP contribution in [0.5, 0.6) is 11.5 Å². The lowest BCUT2D eigenvalue weighted by atomic mass is 10.1. The number of hydrogen-bond donors (Lipinski definition) is 0. The lowest BCUT2D eigenvalue weighted by Gasteiger charge is -2.22. The third-order valence-electron chi connectivity index (χ3n) is 4.70. The molecule has 0 spiro atoms. The van der Waals surface area contributed by atoms with E-state index >= 15 is 0 Å². The summed E-state index contributed by atoms with van der Waals surface area (Å²) in [6.07, 6.45) is 2.61. The quantitative estimate of drug-likeness (QED) is 0.652. The van der Waals surface area contributed by atoms with Gasteiger partial charge in [0.15, 0.2) is 11.5 Å². The van der Waals surface area contributed by atoms with Crippen molar-refractivity contribution in [3.05, 3.63) is 46.2 Å². The van der Waals surface area contributed by atoms with Gasteiger partial charge in [-0.2, -0.15) is 0 Å². The normalized spacial score (nSPS) is 13.2. The maximum absolute atomic E-state index is 5.47. The molecule has 3 aromatic rings. The minimum atomic E-state index is 0.667. The lowest BCUT2D eigenvalue weighted by molar-refractivity contribution is 0.356. The minimum Gasteiger partial charge on any atom is -0.493 e. The molecule has 0 aliphatic carbocycles. The van der Waals surface area contributed by atoms with E-state index < -0.39 is 0 Å². The van der Waals surface area contributed by atoms with E-state index in [4.69, 9.17) is 9.47 Å². The molecule has 128 valence electrons. The number of anilines is 2.